The number of halogens is 3. The zero-order chi connectivity index (χ0) is 14.1. The van der Waals surface area contributed by atoms with E-state index in [1.807, 2.05) is 0 Å². The summed E-state index contributed by atoms with van der Waals surface area (Å²) in [5, 5.41) is 8.34. The fraction of sp³-hybridized carbons (Fsp3) is 0.750. The summed E-state index contributed by atoms with van der Waals surface area (Å²) in [6.07, 6.45) is -2.19. The van der Waals surface area contributed by atoms with Crippen molar-refractivity contribution >= 4 is 26.0 Å². The first-order valence-electron chi connectivity index (χ1n) is 3.55. The lowest BCUT2D eigenvalue weighted by Crippen LogP contribution is -2.55. The van der Waals surface area contributed by atoms with Crippen LogP contribution in [0, 0.1) is 0 Å². The smallest absolute Gasteiger partial charge is 0.479 e. The van der Waals surface area contributed by atoms with E-state index in [-0.39, 0.29) is 0 Å². The number of aliphatic carboxylic acids is 1. The highest BCUT2D eigenvalue weighted by Crippen LogP contribution is 2.21. The number of sulfonamides is 2. The highest BCUT2D eigenvalue weighted by molar-refractivity contribution is 7.90. The Bertz CT molecular complexity index is 494. The van der Waals surface area contributed by atoms with Gasteiger partial charge in [-0.3, -0.25) is 0 Å². The van der Waals surface area contributed by atoms with Gasteiger partial charge in [-0.25, -0.2) is 21.6 Å². The molecule has 0 saturated heterocycles. The maximum absolute atomic E-state index is 11.9. The summed E-state index contributed by atoms with van der Waals surface area (Å²) in [5.41, 5.74) is -5.75. The second kappa shape index (κ2) is 4.75. The molecule has 3 N–H and O–H groups in total. The van der Waals surface area contributed by atoms with Gasteiger partial charge in [0.15, 0.2) is 6.17 Å². The summed E-state index contributed by atoms with van der Waals surface area (Å²) in [6.45, 7) is 0. The molecule has 1 atom stereocenters. The topological polar surface area (TPSA) is 130 Å². The predicted octanol–water partition coefficient (Wildman–Crippen LogP) is -1.61. The molecule has 0 saturated carbocycles. The third kappa shape index (κ3) is 5.29. The van der Waals surface area contributed by atoms with Gasteiger partial charge in [0.2, 0.25) is 10.0 Å². The molecule has 0 bridgehead atoms. The predicted molar refractivity (Wildman–Crippen MR) is 47.5 cm³/mol. The number of hydrogen-bond donors (Lipinski definition) is 3. The Labute approximate surface area is 93.9 Å². The van der Waals surface area contributed by atoms with Crippen LogP contribution < -0.4 is 9.44 Å². The van der Waals surface area contributed by atoms with Gasteiger partial charge < -0.3 is 5.11 Å². The van der Waals surface area contributed by atoms with Crippen molar-refractivity contribution in [3.8, 4) is 0 Å². The van der Waals surface area contributed by atoms with E-state index in [0.717, 1.165) is 0 Å². The number of alkyl halides is 3. The molecule has 8 nitrogen and oxygen atoms in total. The second-order valence-corrected chi connectivity index (χ2v) is 6.21. The van der Waals surface area contributed by atoms with Crippen LogP contribution in [0.2, 0.25) is 0 Å². The fourth-order valence-electron chi connectivity index (χ4n) is 0.561. The Morgan fingerprint density at radius 1 is 1.18 bits per heavy atom. The maximum Gasteiger partial charge on any atom is 0.511 e. The molecule has 102 valence electrons. The van der Waals surface area contributed by atoms with Gasteiger partial charge in [0.1, 0.15) is 0 Å². The number of nitrogens with one attached hydrogen (secondary N) is 2. The average Bonchev–Trinajstić information content (AvgIpc) is 1.96. The number of hydrogen-bond acceptors (Lipinski definition) is 5. The molecule has 0 radical (unpaired) electrons. The van der Waals surface area contributed by atoms with E-state index in [2.05, 4.69) is 0 Å². The molecule has 0 aromatic rings. The maximum atomic E-state index is 11.9. The van der Waals surface area contributed by atoms with Crippen LogP contribution in [0.4, 0.5) is 13.2 Å². The van der Waals surface area contributed by atoms with Crippen molar-refractivity contribution in [3.05, 3.63) is 0 Å². The van der Waals surface area contributed by atoms with E-state index in [1.165, 1.54) is 4.72 Å². The van der Waals surface area contributed by atoms with E-state index in [1.54, 1.807) is 0 Å². The Morgan fingerprint density at radius 2 is 1.59 bits per heavy atom. The third-order valence-corrected chi connectivity index (χ3v) is 2.98. The minimum Gasteiger partial charge on any atom is -0.479 e. The summed E-state index contributed by atoms with van der Waals surface area (Å²) >= 11 is 0. The summed E-state index contributed by atoms with van der Waals surface area (Å²) in [7, 11) is -10.2. The van der Waals surface area contributed by atoms with Gasteiger partial charge in [0.25, 0.3) is 0 Å². The zero-order valence-electron chi connectivity index (χ0n) is 8.02. The normalized spacial score (nSPS) is 15.5. The summed E-state index contributed by atoms with van der Waals surface area (Å²) in [5.74, 6) is -2.14. The van der Waals surface area contributed by atoms with Crippen LogP contribution in [-0.4, -0.2) is 45.8 Å². The summed E-state index contributed by atoms with van der Waals surface area (Å²) < 4.78 is 79.6. The molecule has 17 heavy (non-hydrogen) atoms. The van der Waals surface area contributed by atoms with Gasteiger partial charge in [-0.15, -0.1) is 0 Å². The molecule has 0 aliphatic carbocycles. The largest absolute Gasteiger partial charge is 0.511 e. The van der Waals surface area contributed by atoms with Crippen molar-refractivity contribution in [2.45, 2.75) is 11.7 Å². The minimum absolute atomic E-state index is 0.449. The Kier molecular flexibility index (Phi) is 4.50. The van der Waals surface area contributed by atoms with Crippen molar-refractivity contribution in [2.75, 3.05) is 6.26 Å². The van der Waals surface area contributed by atoms with E-state index in [0.29, 0.717) is 11.0 Å². The lowest BCUT2D eigenvalue weighted by atomic mass is 10.6. The molecule has 0 aromatic carbocycles. The lowest BCUT2D eigenvalue weighted by molar-refractivity contribution is -0.139. The van der Waals surface area contributed by atoms with E-state index in [9.17, 15) is 34.8 Å². The van der Waals surface area contributed by atoms with E-state index >= 15 is 0 Å². The van der Waals surface area contributed by atoms with Gasteiger partial charge in [-0.2, -0.15) is 22.6 Å². The van der Waals surface area contributed by atoms with Crippen LogP contribution in [0.15, 0.2) is 0 Å². The molecule has 1 unspecified atom stereocenters. The van der Waals surface area contributed by atoms with Crippen LogP contribution >= 0.6 is 0 Å². The van der Waals surface area contributed by atoms with Gasteiger partial charge in [-0.1, -0.05) is 0 Å². The molecular weight excluding hydrogens is 293 g/mol. The van der Waals surface area contributed by atoms with Crippen molar-refractivity contribution in [1.82, 2.24) is 9.44 Å². The monoisotopic (exact) mass is 300 g/mol. The van der Waals surface area contributed by atoms with E-state index < -0.39 is 37.7 Å². The van der Waals surface area contributed by atoms with Gasteiger partial charge >= 0.3 is 21.5 Å². The molecule has 0 rings (SSSR count). The molecule has 0 aliphatic heterocycles. The first-order valence-corrected chi connectivity index (χ1v) is 6.92. The van der Waals surface area contributed by atoms with Crippen LogP contribution in [-0.2, 0) is 24.8 Å². The molecule has 13 heteroatoms. The molecule has 0 fully saturated rings. The van der Waals surface area contributed by atoms with Crippen LogP contribution in [0.25, 0.3) is 0 Å². The molecule has 0 spiro atoms. The first kappa shape index (κ1) is 16.1. The Morgan fingerprint density at radius 3 is 1.82 bits per heavy atom. The van der Waals surface area contributed by atoms with Gasteiger partial charge in [0, 0.05) is 0 Å². The van der Waals surface area contributed by atoms with Crippen molar-refractivity contribution in [1.29, 1.82) is 0 Å². The van der Waals surface area contributed by atoms with Crippen LogP contribution in [0.5, 0.6) is 0 Å². The first-order chi connectivity index (χ1) is 7.26. The highest BCUT2D eigenvalue weighted by Gasteiger charge is 2.48. The average molecular weight is 300 g/mol. The minimum atomic E-state index is -5.97. The molecule has 0 aliphatic rings. The van der Waals surface area contributed by atoms with E-state index in [4.69, 9.17) is 5.11 Å². The quantitative estimate of drug-likeness (QED) is 0.523. The molecule has 0 aromatic heterocycles. The van der Waals surface area contributed by atoms with Gasteiger partial charge in [-0.05, 0) is 0 Å². The number of carbonyl (C=O) groups is 1. The van der Waals surface area contributed by atoms with Crippen molar-refractivity contribution < 1.29 is 39.9 Å². The number of rotatable bonds is 5. The number of carboxylic acid groups (broad SMARTS) is 1. The third-order valence-electron chi connectivity index (χ3n) is 1.16. The number of carboxylic acids is 1. The second-order valence-electron chi connectivity index (χ2n) is 2.73. The van der Waals surface area contributed by atoms with Crippen LogP contribution in [0.3, 0.4) is 0 Å². The summed E-state index contributed by atoms with van der Waals surface area (Å²) in [6, 6.07) is 0. The molecule has 0 amide bonds. The molecular formula is C4H7F3N2O6S2. The Hall–Kier alpha value is -0.920. The van der Waals surface area contributed by atoms with Crippen molar-refractivity contribution in [2.24, 2.45) is 0 Å². The standard InChI is InChI=1S/C4H7F3N2O6S2/c1-16(12,13)8-2(3(10)11)9-17(14,15)4(5,6)7/h2,8-9H,1H3,(H,10,11). The Balaban J connectivity index is 5.12. The fourth-order valence-corrected chi connectivity index (χ4v) is 1.83. The lowest BCUT2D eigenvalue weighted by Gasteiger charge is -2.16. The van der Waals surface area contributed by atoms with Crippen LogP contribution in [0.1, 0.15) is 0 Å². The highest BCUT2D eigenvalue weighted by atomic mass is 32.2. The van der Waals surface area contributed by atoms with Gasteiger partial charge in [0.05, 0.1) is 6.26 Å². The zero-order valence-corrected chi connectivity index (χ0v) is 9.65. The SMILES string of the molecule is CS(=O)(=O)NC(NS(=O)(=O)C(F)(F)F)C(=O)O. The summed E-state index contributed by atoms with van der Waals surface area (Å²) in [4.78, 5) is 10.4. The molecule has 0 heterocycles. The van der Waals surface area contributed by atoms with Crippen molar-refractivity contribution in [3.63, 3.8) is 0 Å².